The Kier molecular flexibility index (Phi) is 8.77. The molecule has 0 spiro atoms. The molecule has 4 aliphatic rings. The first-order valence-corrected chi connectivity index (χ1v) is 11.7. The van der Waals surface area contributed by atoms with Crippen molar-refractivity contribution in [3.8, 4) is 0 Å². The lowest BCUT2D eigenvalue weighted by Crippen LogP contribution is -2.67. The van der Waals surface area contributed by atoms with E-state index >= 15 is 0 Å². The van der Waals surface area contributed by atoms with Gasteiger partial charge in [0.2, 0.25) is 20.0 Å². The molecule has 4 saturated heterocycles. The Bertz CT molecular complexity index is 688. The molecule has 0 aromatic rings. The zero-order chi connectivity index (χ0) is 18.4. The summed E-state index contributed by atoms with van der Waals surface area (Å²) in [6.07, 6.45) is 0. The van der Waals surface area contributed by atoms with Crippen LogP contribution in [0.5, 0.6) is 0 Å². The van der Waals surface area contributed by atoms with Gasteiger partial charge in [-0.05, 0) is 7.05 Å². The van der Waals surface area contributed by atoms with Gasteiger partial charge in [0.05, 0.1) is 0 Å². The summed E-state index contributed by atoms with van der Waals surface area (Å²) in [4.78, 5) is 6.57. The van der Waals surface area contributed by atoms with E-state index in [4.69, 9.17) is 10.3 Å². The predicted molar refractivity (Wildman–Crippen MR) is 109 cm³/mol. The van der Waals surface area contributed by atoms with Crippen molar-refractivity contribution >= 4 is 44.9 Å². The molecule has 4 aliphatic heterocycles. The fraction of sp³-hybridized carbons (Fsp3) is 1.00. The van der Waals surface area contributed by atoms with Crippen molar-refractivity contribution in [2.75, 3.05) is 59.4 Å². The fourth-order valence-electron chi connectivity index (χ4n) is 3.38. The summed E-state index contributed by atoms with van der Waals surface area (Å²) in [6, 6.07) is 1.10. The Morgan fingerprint density at radius 3 is 1.37 bits per heavy atom. The van der Waals surface area contributed by atoms with Gasteiger partial charge < -0.3 is 10.2 Å². The second-order valence-electron chi connectivity index (χ2n) is 7.52. The first-order chi connectivity index (χ1) is 11.5. The van der Waals surface area contributed by atoms with Gasteiger partial charge in [-0.15, -0.1) is 24.8 Å². The van der Waals surface area contributed by atoms with E-state index in [1.165, 1.54) is 0 Å². The minimum Gasteiger partial charge on any atom is -0.314 e. The predicted octanol–water partition coefficient (Wildman–Crippen LogP) is -2.95. The lowest BCUT2D eigenvalue weighted by atomic mass is 10.0. The van der Waals surface area contributed by atoms with Gasteiger partial charge in [0, 0.05) is 64.4 Å². The van der Waals surface area contributed by atoms with Crippen molar-refractivity contribution in [2.45, 2.75) is 22.6 Å². The average Bonchev–Trinajstić information content (AvgIpc) is 2.23. The summed E-state index contributed by atoms with van der Waals surface area (Å²) in [7, 11) is -4.50. The molecule has 4 rings (SSSR count). The minimum absolute atomic E-state index is 0. The number of hydrogen-bond donors (Lipinski definition) is 3. The van der Waals surface area contributed by atoms with Crippen LogP contribution in [-0.4, -0.2) is 114 Å². The smallest absolute Gasteiger partial charge is 0.214 e. The average molecular weight is 469 g/mol. The van der Waals surface area contributed by atoms with E-state index in [9.17, 15) is 16.8 Å². The van der Waals surface area contributed by atoms with E-state index < -0.39 is 20.0 Å². The third-order valence-corrected chi connectivity index (χ3v) is 7.97. The largest absolute Gasteiger partial charge is 0.314 e. The Hall–Kier alpha value is 0.240. The van der Waals surface area contributed by atoms with Crippen LogP contribution in [-0.2, 0) is 20.0 Å². The number of hydrogen-bond acceptors (Lipinski definition) is 8. The lowest BCUT2D eigenvalue weighted by Gasteiger charge is -2.50. The molecule has 0 unspecified atom stereocenters. The van der Waals surface area contributed by atoms with Crippen molar-refractivity contribution in [2.24, 2.45) is 10.3 Å². The molecule has 5 N–H and O–H groups in total. The highest BCUT2D eigenvalue weighted by atomic mass is 35.5. The van der Waals surface area contributed by atoms with Crippen LogP contribution in [0.4, 0.5) is 0 Å². The fourth-order valence-corrected chi connectivity index (χ4v) is 4.98. The van der Waals surface area contributed by atoms with Crippen LogP contribution in [0.2, 0.25) is 0 Å². The Morgan fingerprint density at radius 2 is 1.11 bits per heavy atom. The van der Waals surface area contributed by atoms with E-state index in [0.717, 1.165) is 26.2 Å². The van der Waals surface area contributed by atoms with Gasteiger partial charge in [0.1, 0.15) is 10.5 Å². The molecular formula is C13H30Cl2N6O4S2. The molecule has 0 bridgehead atoms. The van der Waals surface area contributed by atoms with Gasteiger partial charge in [0.15, 0.2) is 0 Å². The highest BCUT2D eigenvalue weighted by Crippen LogP contribution is 2.22. The van der Waals surface area contributed by atoms with Crippen molar-refractivity contribution in [1.29, 1.82) is 0 Å². The number of nitrogens with one attached hydrogen (secondary N) is 1. The summed E-state index contributed by atoms with van der Waals surface area (Å²) >= 11 is 0. The Labute approximate surface area is 173 Å². The molecule has 162 valence electrons. The molecular weight excluding hydrogens is 439 g/mol. The lowest BCUT2D eigenvalue weighted by molar-refractivity contribution is 0.0164. The third-order valence-electron chi connectivity index (χ3n) is 5.52. The monoisotopic (exact) mass is 468 g/mol. The topological polar surface area (TPSA) is 142 Å². The number of nitrogens with zero attached hydrogens (tertiary/aromatic N) is 3. The maximum atomic E-state index is 10.9. The van der Waals surface area contributed by atoms with E-state index in [2.05, 4.69) is 27.1 Å². The number of sulfonamides is 2. The summed E-state index contributed by atoms with van der Waals surface area (Å²) in [6.45, 7) is 6.55. The zero-order valence-corrected chi connectivity index (χ0v) is 18.5. The number of likely N-dealkylation sites (tertiary alicyclic amines) is 3. The van der Waals surface area contributed by atoms with Crippen molar-refractivity contribution in [3.05, 3.63) is 0 Å². The van der Waals surface area contributed by atoms with Crippen molar-refractivity contribution in [3.63, 3.8) is 0 Å². The first kappa shape index (κ1) is 25.3. The van der Waals surface area contributed by atoms with Crippen molar-refractivity contribution in [1.82, 2.24) is 20.0 Å². The molecule has 14 heteroatoms. The second kappa shape index (κ2) is 9.37. The standard InChI is InChI=1S/C7H15N3O2S.C6H13N3O2S.2ClH/c1-9-2-6(3-9)10-4-7(5-10)13(8,11)12;7-12(10,11)6-3-9(4-6)5-1-8-2-5;;/h6-7H,2-5H2,1H3,(H2,8,11,12);5-6,8H,1-4H2,(H2,7,10,11);2*1H. The van der Waals surface area contributed by atoms with Crippen LogP contribution in [0.25, 0.3) is 0 Å². The normalized spacial score (nSPS) is 26.2. The zero-order valence-electron chi connectivity index (χ0n) is 15.2. The SMILES string of the molecule is CN1CC(N2CC(S(N)(=O)=O)C2)C1.Cl.Cl.NS(=O)(=O)C1CN(C2CNC2)C1. The van der Waals surface area contributed by atoms with E-state index in [1.54, 1.807) is 0 Å². The molecule has 0 aliphatic carbocycles. The van der Waals surface area contributed by atoms with Gasteiger partial charge in [-0.3, -0.25) is 9.80 Å². The summed E-state index contributed by atoms with van der Waals surface area (Å²) < 4.78 is 43.4. The highest BCUT2D eigenvalue weighted by molar-refractivity contribution is 7.90. The van der Waals surface area contributed by atoms with Crippen LogP contribution < -0.4 is 15.6 Å². The second-order valence-corrected chi connectivity index (χ2v) is 11.2. The highest BCUT2D eigenvalue weighted by Gasteiger charge is 2.42. The van der Waals surface area contributed by atoms with Gasteiger partial charge in [-0.2, -0.15) is 0 Å². The molecule has 27 heavy (non-hydrogen) atoms. The van der Waals surface area contributed by atoms with Gasteiger partial charge in [-0.1, -0.05) is 0 Å². The molecule has 4 heterocycles. The van der Waals surface area contributed by atoms with E-state index in [-0.39, 0.29) is 35.3 Å². The Morgan fingerprint density at radius 1 is 0.741 bits per heavy atom. The third kappa shape index (κ3) is 6.11. The van der Waals surface area contributed by atoms with Crippen molar-refractivity contribution < 1.29 is 16.8 Å². The van der Waals surface area contributed by atoms with Crippen LogP contribution in [0.15, 0.2) is 0 Å². The summed E-state index contributed by atoms with van der Waals surface area (Å²) in [5.74, 6) is 0. The molecule has 10 nitrogen and oxygen atoms in total. The number of likely N-dealkylation sites (N-methyl/N-ethyl adjacent to an activating group) is 1. The van der Waals surface area contributed by atoms with Crippen LogP contribution >= 0.6 is 24.8 Å². The van der Waals surface area contributed by atoms with Gasteiger partial charge in [0.25, 0.3) is 0 Å². The van der Waals surface area contributed by atoms with Crippen LogP contribution in [0.3, 0.4) is 0 Å². The molecule has 4 fully saturated rings. The summed E-state index contributed by atoms with van der Waals surface area (Å²) in [5, 5.41) is 12.5. The van der Waals surface area contributed by atoms with E-state index in [1.807, 2.05) is 0 Å². The molecule has 0 amide bonds. The molecule has 0 radical (unpaired) electrons. The van der Waals surface area contributed by atoms with Gasteiger partial charge in [-0.25, -0.2) is 27.1 Å². The van der Waals surface area contributed by atoms with Crippen LogP contribution in [0, 0.1) is 0 Å². The molecule has 0 aromatic carbocycles. The number of rotatable bonds is 4. The summed E-state index contributed by atoms with van der Waals surface area (Å²) in [5.41, 5.74) is 0. The van der Waals surface area contributed by atoms with Crippen LogP contribution in [0.1, 0.15) is 0 Å². The maximum absolute atomic E-state index is 10.9. The molecule has 0 aromatic heterocycles. The van der Waals surface area contributed by atoms with E-state index in [0.29, 0.717) is 38.3 Å². The number of nitrogens with two attached hydrogens (primary N) is 2. The minimum atomic E-state index is -3.29. The first-order valence-electron chi connectivity index (χ1n) is 8.44. The maximum Gasteiger partial charge on any atom is 0.214 e. The number of halogens is 2. The number of primary sulfonamides is 2. The van der Waals surface area contributed by atoms with Gasteiger partial charge >= 0.3 is 0 Å². The molecule has 0 saturated carbocycles. The quantitative estimate of drug-likeness (QED) is 0.397. The molecule has 0 atom stereocenters. The Balaban J connectivity index is 0.000000252.